The number of benzene rings is 2. The molecule has 1 unspecified atom stereocenters. The highest BCUT2D eigenvalue weighted by Crippen LogP contribution is 2.30. The zero-order valence-electron chi connectivity index (χ0n) is 14.3. The smallest absolute Gasteiger partial charge is 0.0761 e. The molecule has 2 heteroatoms. The highest BCUT2D eigenvalue weighted by atomic mass is 32.1. The molecule has 0 saturated carbocycles. The molecule has 0 bridgehead atoms. The minimum Gasteiger partial charge on any atom is -0.356 e. The molecule has 0 aliphatic carbocycles. The lowest BCUT2D eigenvalue weighted by atomic mass is 9.87. The van der Waals surface area contributed by atoms with E-state index in [-0.39, 0.29) is 5.92 Å². The first-order valence-corrected chi connectivity index (χ1v) is 8.34. The van der Waals surface area contributed by atoms with E-state index in [0.29, 0.717) is 0 Å². The molecule has 122 valence electrons. The quantitative estimate of drug-likeness (QED) is 0.409. The Bertz CT molecular complexity index is 772. The molecule has 2 aromatic carbocycles. The molecule has 1 nitrogen and oxygen atoms in total. The first-order chi connectivity index (χ1) is 11.5. The van der Waals surface area contributed by atoms with Gasteiger partial charge in [-0.05, 0) is 47.8 Å². The molecular formula is C22H23NS. The molecule has 0 aliphatic heterocycles. The standard InChI is InChI=1S/C22H23NS/c1-5-21(19-9-7-6-8-10-19)22-12-11-20(15-17(22)3)16(2)13-14-23-18(4)24/h5-15,21H,1-2H2,3-4H3,(H,23,24)/b14-13-. The summed E-state index contributed by atoms with van der Waals surface area (Å²) >= 11 is 4.99. The number of hydrogen-bond acceptors (Lipinski definition) is 1. The van der Waals surface area contributed by atoms with E-state index in [0.717, 1.165) is 16.1 Å². The molecule has 0 fully saturated rings. The van der Waals surface area contributed by atoms with Crippen LogP contribution < -0.4 is 5.32 Å². The fraction of sp³-hybridized carbons (Fsp3) is 0.136. The number of hydrogen-bond donors (Lipinski definition) is 1. The second kappa shape index (κ2) is 8.42. The second-order valence-electron chi connectivity index (χ2n) is 5.75. The Kier molecular flexibility index (Phi) is 6.28. The minimum absolute atomic E-state index is 0.197. The maximum atomic E-state index is 4.99. The number of rotatable bonds is 6. The maximum Gasteiger partial charge on any atom is 0.0761 e. The average molecular weight is 334 g/mol. The van der Waals surface area contributed by atoms with Gasteiger partial charge in [0.25, 0.3) is 0 Å². The zero-order chi connectivity index (χ0) is 17.5. The van der Waals surface area contributed by atoms with Crippen molar-refractivity contribution in [3.8, 4) is 0 Å². The summed E-state index contributed by atoms with van der Waals surface area (Å²) in [5.41, 5.74) is 5.80. The van der Waals surface area contributed by atoms with Gasteiger partial charge in [0, 0.05) is 12.1 Å². The second-order valence-corrected chi connectivity index (χ2v) is 6.37. The molecule has 0 aliphatic rings. The Labute approximate surface area is 150 Å². The van der Waals surface area contributed by atoms with Crippen LogP contribution in [0, 0.1) is 6.92 Å². The summed E-state index contributed by atoms with van der Waals surface area (Å²) in [6.07, 6.45) is 5.76. The zero-order valence-corrected chi connectivity index (χ0v) is 15.1. The van der Waals surface area contributed by atoms with Crippen LogP contribution in [-0.2, 0) is 0 Å². The summed E-state index contributed by atoms with van der Waals surface area (Å²) in [7, 11) is 0. The monoisotopic (exact) mass is 333 g/mol. The van der Waals surface area contributed by atoms with Gasteiger partial charge in [0.2, 0.25) is 0 Å². The molecule has 24 heavy (non-hydrogen) atoms. The highest BCUT2D eigenvalue weighted by Gasteiger charge is 2.13. The predicted molar refractivity (Wildman–Crippen MR) is 109 cm³/mol. The Morgan fingerprint density at radius 2 is 1.88 bits per heavy atom. The minimum atomic E-state index is 0.197. The third kappa shape index (κ3) is 4.53. The molecule has 0 spiro atoms. The molecule has 2 rings (SSSR count). The molecule has 2 aromatic rings. The molecular weight excluding hydrogens is 310 g/mol. The average Bonchev–Trinajstić information content (AvgIpc) is 2.57. The summed E-state index contributed by atoms with van der Waals surface area (Å²) in [6.45, 7) is 12.1. The largest absolute Gasteiger partial charge is 0.356 e. The summed E-state index contributed by atoms with van der Waals surface area (Å²) in [5.74, 6) is 0.197. The van der Waals surface area contributed by atoms with Crippen molar-refractivity contribution >= 4 is 22.8 Å². The van der Waals surface area contributed by atoms with Crippen molar-refractivity contribution in [2.24, 2.45) is 0 Å². The van der Waals surface area contributed by atoms with Crippen molar-refractivity contribution in [3.63, 3.8) is 0 Å². The topological polar surface area (TPSA) is 12.0 Å². The molecule has 0 amide bonds. The highest BCUT2D eigenvalue weighted by molar-refractivity contribution is 7.80. The number of aryl methyl sites for hydroxylation is 1. The van der Waals surface area contributed by atoms with Crippen LogP contribution in [0.25, 0.3) is 5.57 Å². The lowest BCUT2D eigenvalue weighted by Gasteiger charge is -2.17. The summed E-state index contributed by atoms with van der Waals surface area (Å²) in [6, 6.07) is 16.9. The molecule has 0 heterocycles. The lowest BCUT2D eigenvalue weighted by Crippen LogP contribution is -2.08. The van der Waals surface area contributed by atoms with Crippen molar-refractivity contribution < 1.29 is 0 Å². The van der Waals surface area contributed by atoms with Gasteiger partial charge in [-0.2, -0.15) is 0 Å². The Hall–Kier alpha value is -2.45. The van der Waals surface area contributed by atoms with Crippen LogP contribution in [0.2, 0.25) is 0 Å². The van der Waals surface area contributed by atoms with Crippen LogP contribution in [0.15, 0.2) is 80.0 Å². The van der Waals surface area contributed by atoms with Gasteiger partial charge >= 0.3 is 0 Å². The van der Waals surface area contributed by atoms with Crippen LogP contribution in [0.3, 0.4) is 0 Å². The van der Waals surface area contributed by atoms with Gasteiger partial charge in [0.05, 0.1) is 4.99 Å². The van der Waals surface area contributed by atoms with Crippen molar-refractivity contribution in [2.75, 3.05) is 0 Å². The van der Waals surface area contributed by atoms with Gasteiger partial charge in [-0.25, -0.2) is 0 Å². The lowest BCUT2D eigenvalue weighted by molar-refractivity contribution is 1.01. The van der Waals surface area contributed by atoms with Gasteiger partial charge in [-0.15, -0.1) is 6.58 Å². The van der Waals surface area contributed by atoms with E-state index in [9.17, 15) is 0 Å². The van der Waals surface area contributed by atoms with Gasteiger partial charge in [-0.1, -0.05) is 73.4 Å². The van der Waals surface area contributed by atoms with Crippen LogP contribution >= 0.6 is 12.2 Å². The van der Waals surface area contributed by atoms with Gasteiger partial charge in [0.1, 0.15) is 0 Å². The van der Waals surface area contributed by atoms with E-state index in [1.807, 2.05) is 31.3 Å². The van der Waals surface area contributed by atoms with E-state index in [1.54, 1.807) is 0 Å². The number of allylic oxidation sites excluding steroid dienone is 3. The van der Waals surface area contributed by atoms with E-state index in [1.165, 1.54) is 16.7 Å². The van der Waals surface area contributed by atoms with E-state index in [2.05, 4.69) is 67.9 Å². The molecule has 0 aromatic heterocycles. The van der Waals surface area contributed by atoms with Gasteiger partial charge in [0.15, 0.2) is 0 Å². The SMILES string of the molecule is C=CC(c1ccccc1)c1ccc(C(=C)/C=C\NC(C)=S)cc1C. The Balaban J connectivity index is 2.26. The van der Waals surface area contributed by atoms with Crippen molar-refractivity contribution in [1.29, 1.82) is 0 Å². The van der Waals surface area contributed by atoms with Gasteiger partial charge < -0.3 is 5.32 Å². The van der Waals surface area contributed by atoms with Gasteiger partial charge in [-0.3, -0.25) is 0 Å². The summed E-state index contributed by atoms with van der Waals surface area (Å²) in [5, 5.41) is 3.00. The normalized spacial score (nSPS) is 11.9. The molecule has 1 N–H and O–H groups in total. The van der Waals surface area contributed by atoms with E-state index < -0.39 is 0 Å². The fourth-order valence-corrected chi connectivity index (χ4v) is 2.75. The Morgan fingerprint density at radius 3 is 2.46 bits per heavy atom. The Morgan fingerprint density at radius 1 is 1.17 bits per heavy atom. The first kappa shape index (κ1) is 17.9. The molecule has 0 saturated heterocycles. The van der Waals surface area contributed by atoms with Crippen LogP contribution in [-0.4, -0.2) is 4.99 Å². The number of nitrogens with one attached hydrogen (secondary N) is 1. The van der Waals surface area contributed by atoms with Crippen LogP contribution in [0.1, 0.15) is 35.1 Å². The molecule has 0 radical (unpaired) electrons. The van der Waals surface area contributed by atoms with Crippen molar-refractivity contribution in [1.82, 2.24) is 5.32 Å². The van der Waals surface area contributed by atoms with Crippen LogP contribution in [0.5, 0.6) is 0 Å². The van der Waals surface area contributed by atoms with Crippen molar-refractivity contribution in [2.45, 2.75) is 19.8 Å². The fourth-order valence-electron chi connectivity index (χ4n) is 2.68. The third-order valence-corrected chi connectivity index (χ3v) is 4.06. The third-order valence-electron chi connectivity index (χ3n) is 3.94. The predicted octanol–water partition coefficient (Wildman–Crippen LogP) is 5.78. The maximum absolute atomic E-state index is 4.99. The number of thiocarbonyl (C=S) groups is 1. The first-order valence-electron chi connectivity index (χ1n) is 7.94. The molecule has 1 atom stereocenters. The summed E-state index contributed by atoms with van der Waals surface area (Å²) < 4.78 is 0. The van der Waals surface area contributed by atoms with E-state index >= 15 is 0 Å². The van der Waals surface area contributed by atoms with Crippen LogP contribution in [0.4, 0.5) is 0 Å². The summed E-state index contributed by atoms with van der Waals surface area (Å²) in [4.78, 5) is 0.738. The van der Waals surface area contributed by atoms with Crippen molar-refractivity contribution in [3.05, 3.63) is 102 Å². The van der Waals surface area contributed by atoms with E-state index in [4.69, 9.17) is 12.2 Å².